The molecule has 3 aromatic rings. The highest BCUT2D eigenvalue weighted by molar-refractivity contribution is 5.76. The van der Waals surface area contributed by atoms with E-state index in [2.05, 4.69) is 0 Å². The second kappa shape index (κ2) is 7.45. The van der Waals surface area contributed by atoms with Crippen LogP contribution in [0.4, 0.5) is 5.69 Å². The topological polar surface area (TPSA) is 105 Å². The number of benzene rings is 2. The number of nitrogens with zero attached hydrogens (tertiary/aromatic N) is 2. The average molecular weight is 370 g/mol. The minimum absolute atomic E-state index is 0.124. The molecule has 0 bridgehead atoms. The molecule has 0 aliphatic heterocycles. The summed E-state index contributed by atoms with van der Waals surface area (Å²) in [6.07, 6.45) is 0.494. The zero-order valence-corrected chi connectivity index (χ0v) is 14.9. The highest BCUT2D eigenvalue weighted by Gasteiger charge is 2.14. The Hall–Kier alpha value is -3.42. The Balaban J connectivity index is 1.64. The number of oxazole rings is 1. The van der Waals surface area contributed by atoms with Gasteiger partial charge in [0.25, 0.3) is 5.69 Å². The molecule has 0 fully saturated rings. The van der Waals surface area contributed by atoms with Crippen LogP contribution in [-0.2, 0) is 11.3 Å². The number of fused-ring (bicyclic) bond motifs is 1. The SMILES string of the molecule is Cc1ccc(OC(=O)CCCn2c(=O)oc3cc([N+](=O)[O-])ccc32)cc1C. The third kappa shape index (κ3) is 4.05. The van der Waals surface area contributed by atoms with Crippen LogP contribution in [0.2, 0.25) is 0 Å². The Bertz CT molecular complexity index is 1080. The van der Waals surface area contributed by atoms with Gasteiger partial charge in [0, 0.05) is 19.0 Å². The summed E-state index contributed by atoms with van der Waals surface area (Å²) in [7, 11) is 0. The van der Waals surface area contributed by atoms with E-state index >= 15 is 0 Å². The number of hydrogen-bond acceptors (Lipinski definition) is 6. The molecule has 140 valence electrons. The van der Waals surface area contributed by atoms with E-state index in [0.717, 1.165) is 11.1 Å². The van der Waals surface area contributed by atoms with Crippen molar-refractivity contribution in [1.82, 2.24) is 4.57 Å². The van der Waals surface area contributed by atoms with Crippen molar-refractivity contribution in [3.63, 3.8) is 0 Å². The average Bonchev–Trinajstić information content (AvgIpc) is 2.93. The van der Waals surface area contributed by atoms with Gasteiger partial charge in [0.05, 0.1) is 16.5 Å². The summed E-state index contributed by atoms with van der Waals surface area (Å²) in [5.41, 5.74) is 2.59. The Morgan fingerprint density at radius 1 is 1.19 bits per heavy atom. The molecular weight excluding hydrogens is 352 g/mol. The maximum Gasteiger partial charge on any atom is 0.419 e. The van der Waals surface area contributed by atoms with Gasteiger partial charge >= 0.3 is 11.7 Å². The van der Waals surface area contributed by atoms with E-state index in [-0.39, 0.29) is 24.2 Å². The van der Waals surface area contributed by atoms with Crippen molar-refractivity contribution in [3.8, 4) is 5.75 Å². The molecule has 0 saturated heterocycles. The molecule has 0 atom stereocenters. The highest BCUT2D eigenvalue weighted by atomic mass is 16.6. The second-order valence-electron chi connectivity index (χ2n) is 6.25. The Kier molecular flexibility index (Phi) is 5.07. The third-order valence-corrected chi connectivity index (χ3v) is 4.34. The van der Waals surface area contributed by atoms with Crippen LogP contribution in [0.15, 0.2) is 45.6 Å². The first-order valence-corrected chi connectivity index (χ1v) is 8.41. The lowest BCUT2D eigenvalue weighted by atomic mass is 10.1. The third-order valence-electron chi connectivity index (χ3n) is 4.34. The number of nitro groups is 1. The Labute approximate surface area is 154 Å². The number of ether oxygens (including phenoxy) is 1. The van der Waals surface area contributed by atoms with E-state index in [1.54, 1.807) is 12.1 Å². The number of rotatable bonds is 6. The molecule has 1 aromatic heterocycles. The van der Waals surface area contributed by atoms with E-state index in [0.29, 0.717) is 17.7 Å². The van der Waals surface area contributed by atoms with Crippen LogP contribution < -0.4 is 10.5 Å². The number of esters is 1. The van der Waals surface area contributed by atoms with E-state index in [1.807, 2.05) is 19.9 Å². The van der Waals surface area contributed by atoms with Gasteiger partial charge in [-0.1, -0.05) is 6.07 Å². The van der Waals surface area contributed by atoms with Crippen LogP contribution in [0.1, 0.15) is 24.0 Å². The molecular formula is C19H18N2O6. The smallest absolute Gasteiger partial charge is 0.419 e. The molecule has 0 aliphatic carbocycles. The quantitative estimate of drug-likeness (QED) is 0.285. The number of non-ortho nitro benzene ring substituents is 1. The molecule has 0 amide bonds. The molecule has 8 heteroatoms. The standard InChI is InChI=1S/C19H18N2O6/c1-12-5-7-15(10-13(12)2)26-18(22)4-3-9-20-16-8-6-14(21(24)25)11-17(16)27-19(20)23/h5-8,10-11H,3-4,9H2,1-2H3. The number of carbonyl (C=O) groups excluding carboxylic acids is 1. The maximum absolute atomic E-state index is 12.0. The van der Waals surface area contributed by atoms with E-state index in [1.165, 1.54) is 22.8 Å². The fourth-order valence-electron chi connectivity index (χ4n) is 2.72. The monoisotopic (exact) mass is 370 g/mol. The summed E-state index contributed by atoms with van der Waals surface area (Å²) in [5, 5.41) is 10.8. The number of hydrogen-bond donors (Lipinski definition) is 0. The van der Waals surface area contributed by atoms with Gasteiger partial charge in [-0.05, 0) is 49.6 Å². The number of nitro benzene ring substituents is 1. The molecule has 2 aromatic carbocycles. The van der Waals surface area contributed by atoms with Crippen molar-refractivity contribution < 1.29 is 18.9 Å². The van der Waals surface area contributed by atoms with Crippen LogP contribution in [-0.4, -0.2) is 15.5 Å². The number of aromatic nitrogens is 1. The molecule has 0 saturated carbocycles. The second-order valence-corrected chi connectivity index (χ2v) is 6.25. The van der Waals surface area contributed by atoms with E-state index in [4.69, 9.17) is 9.15 Å². The molecule has 27 heavy (non-hydrogen) atoms. The van der Waals surface area contributed by atoms with Crippen molar-refractivity contribution in [2.24, 2.45) is 0 Å². The first kappa shape index (κ1) is 18.4. The molecule has 0 unspecified atom stereocenters. The molecule has 0 aliphatic rings. The van der Waals surface area contributed by atoms with Crippen molar-refractivity contribution in [2.75, 3.05) is 0 Å². The summed E-state index contributed by atoms with van der Waals surface area (Å²) in [6, 6.07) is 9.40. The van der Waals surface area contributed by atoms with Gasteiger partial charge in [0.1, 0.15) is 5.75 Å². The van der Waals surface area contributed by atoms with Gasteiger partial charge in [0.15, 0.2) is 5.58 Å². The van der Waals surface area contributed by atoms with Crippen molar-refractivity contribution >= 4 is 22.8 Å². The van der Waals surface area contributed by atoms with Gasteiger partial charge in [-0.25, -0.2) is 4.79 Å². The zero-order valence-electron chi connectivity index (χ0n) is 14.9. The summed E-state index contributed by atoms with van der Waals surface area (Å²) in [6.45, 7) is 4.15. The first-order valence-electron chi connectivity index (χ1n) is 8.41. The lowest BCUT2D eigenvalue weighted by Crippen LogP contribution is -2.16. The fourth-order valence-corrected chi connectivity index (χ4v) is 2.72. The summed E-state index contributed by atoms with van der Waals surface area (Å²) >= 11 is 0. The summed E-state index contributed by atoms with van der Waals surface area (Å²) in [4.78, 5) is 34.2. The molecule has 0 N–H and O–H groups in total. The predicted octanol–water partition coefficient (Wildman–Crippen LogP) is 3.51. The molecule has 0 spiro atoms. The lowest BCUT2D eigenvalue weighted by Gasteiger charge is -2.07. The minimum atomic E-state index is -0.618. The summed E-state index contributed by atoms with van der Waals surface area (Å²) < 4.78 is 11.7. The van der Waals surface area contributed by atoms with Crippen molar-refractivity contribution in [2.45, 2.75) is 33.2 Å². The normalized spacial score (nSPS) is 10.9. The molecule has 0 radical (unpaired) electrons. The Morgan fingerprint density at radius 2 is 1.96 bits per heavy atom. The van der Waals surface area contributed by atoms with Crippen LogP contribution in [0.5, 0.6) is 5.75 Å². The molecule has 3 rings (SSSR count). The molecule has 1 heterocycles. The molecule has 8 nitrogen and oxygen atoms in total. The van der Waals surface area contributed by atoms with Gasteiger partial charge in [-0.15, -0.1) is 0 Å². The van der Waals surface area contributed by atoms with Crippen LogP contribution in [0.25, 0.3) is 11.1 Å². The number of aryl methyl sites for hydroxylation is 3. The number of carbonyl (C=O) groups is 1. The zero-order chi connectivity index (χ0) is 19.6. The van der Waals surface area contributed by atoms with Crippen LogP contribution >= 0.6 is 0 Å². The van der Waals surface area contributed by atoms with E-state index < -0.39 is 16.6 Å². The van der Waals surface area contributed by atoms with E-state index in [9.17, 15) is 19.7 Å². The minimum Gasteiger partial charge on any atom is -0.427 e. The van der Waals surface area contributed by atoms with Crippen LogP contribution in [0, 0.1) is 24.0 Å². The van der Waals surface area contributed by atoms with Crippen molar-refractivity contribution in [3.05, 3.63) is 68.2 Å². The Morgan fingerprint density at radius 3 is 2.67 bits per heavy atom. The lowest BCUT2D eigenvalue weighted by molar-refractivity contribution is -0.384. The van der Waals surface area contributed by atoms with Gasteiger partial charge in [-0.2, -0.15) is 0 Å². The highest BCUT2D eigenvalue weighted by Crippen LogP contribution is 2.21. The first-order chi connectivity index (χ1) is 12.8. The predicted molar refractivity (Wildman–Crippen MR) is 97.9 cm³/mol. The van der Waals surface area contributed by atoms with Gasteiger partial charge < -0.3 is 9.15 Å². The maximum atomic E-state index is 12.0. The fraction of sp³-hybridized carbons (Fsp3) is 0.263. The largest absolute Gasteiger partial charge is 0.427 e. The van der Waals surface area contributed by atoms with Gasteiger partial charge in [0.2, 0.25) is 0 Å². The van der Waals surface area contributed by atoms with Gasteiger partial charge in [-0.3, -0.25) is 19.5 Å². The van der Waals surface area contributed by atoms with Crippen LogP contribution in [0.3, 0.4) is 0 Å². The van der Waals surface area contributed by atoms with Crippen molar-refractivity contribution in [1.29, 1.82) is 0 Å². The summed E-state index contributed by atoms with van der Waals surface area (Å²) in [5.74, 6) is -0.524.